The molecule has 0 N–H and O–H groups in total. The second-order valence-corrected chi connectivity index (χ2v) is 6.24. The first-order valence-electron chi connectivity index (χ1n) is 8.36. The lowest BCUT2D eigenvalue weighted by Crippen LogP contribution is -2.01. The van der Waals surface area contributed by atoms with Crippen LogP contribution < -0.4 is 0 Å². The van der Waals surface area contributed by atoms with E-state index in [1.54, 1.807) is 6.42 Å². The van der Waals surface area contributed by atoms with E-state index in [2.05, 4.69) is 13.8 Å². The van der Waals surface area contributed by atoms with Crippen LogP contribution in [-0.4, -0.2) is 0 Å². The Balaban J connectivity index is 1.90. The maximum Gasteiger partial charge on any atom is -0.0411 e. The molecule has 0 radical (unpaired) electrons. The van der Waals surface area contributed by atoms with Gasteiger partial charge in [0.05, 0.1) is 0 Å². The third-order valence-corrected chi connectivity index (χ3v) is 4.28. The Hall–Kier alpha value is 0. The highest BCUT2D eigenvalue weighted by atomic mass is 14.3. The average molecular weight is 238 g/mol. The fourth-order valence-corrected chi connectivity index (χ4v) is 3.00. The van der Waals surface area contributed by atoms with Gasteiger partial charge < -0.3 is 0 Å². The van der Waals surface area contributed by atoms with Crippen LogP contribution in [0.15, 0.2) is 0 Å². The minimum Gasteiger partial charge on any atom is -0.0654 e. The molecule has 0 bridgehead atoms. The van der Waals surface area contributed by atoms with Crippen LogP contribution in [0.3, 0.4) is 0 Å². The molecule has 0 aromatic heterocycles. The van der Waals surface area contributed by atoms with Crippen LogP contribution in [0, 0.1) is 11.8 Å². The van der Waals surface area contributed by atoms with Gasteiger partial charge in [-0.1, -0.05) is 90.9 Å². The molecule has 1 rings (SSSR count). The molecule has 0 heteroatoms. The van der Waals surface area contributed by atoms with Crippen molar-refractivity contribution in [1.82, 2.24) is 0 Å². The molecule has 0 aromatic carbocycles. The van der Waals surface area contributed by atoms with Crippen LogP contribution in [0.4, 0.5) is 0 Å². The standard InChI is InChI=1S/C17H34/c1-3-5-6-7-8-9-10-12-16(11-4-2)15-17-13-14-17/h16-17H,3-15H2,1-2H3. The summed E-state index contributed by atoms with van der Waals surface area (Å²) in [4.78, 5) is 0. The van der Waals surface area contributed by atoms with Crippen molar-refractivity contribution in [2.45, 2.75) is 97.3 Å². The maximum atomic E-state index is 2.35. The molecule has 1 unspecified atom stereocenters. The van der Waals surface area contributed by atoms with Crippen molar-refractivity contribution < 1.29 is 0 Å². The van der Waals surface area contributed by atoms with Crippen molar-refractivity contribution in [3.05, 3.63) is 0 Å². The van der Waals surface area contributed by atoms with Gasteiger partial charge in [0.1, 0.15) is 0 Å². The summed E-state index contributed by atoms with van der Waals surface area (Å²) in [5.74, 6) is 2.21. The smallest absolute Gasteiger partial charge is 0.0411 e. The van der Waals surface area contributed by atoms with E-state index in [4.69, 9.17) is 0 Å². The first-order chi connectivity index (χ1) is 8.36. The van der Waals surface area contributed by atoms with Crippen molar-refractivity contribution in [2.24, 2.45) is 11.8 Å². The number of unbranched alkanes of at least 4 members (excludes halogenated alkanes) is 6. The summed E-state index contributed by atoms with van der Waals surface area (Å²) in [7, 11) is 0. The van der Waals surface area contributed by atoms with E-state index >= 15 is 0 Å². The van der Waals surface area contributed by atoms with Gasteiger partial charge >= 0.3 is 0 Å². The van der Waals surface area contributed by atoms with Gasteiger partial charge in [-0.3, -0.25) is 0 Å². The zero-order valence-corrected chi connectivity index (χ0v) is 12.3. The topological polar surface area (TPSA) is 0 Å². The third kappa shape index (κ3) is 8.69. The molecule has 0 amide bonds. The molecule has 0 aliphatic heterocycles. The number of hydrogen-bond donors (Lipinski definition) is 0. The molecule has 1 atom stereocenters. The van der Waals surface area contributed by atoms with E-state index in [0.29, 0.717) is 0 Å². The molecule has 0 nitrogen and oxygen atoms in total. The van der Waals surface area contributed by atoms with E-state index in [1.807, 2.05) is 0 Å². The molecule has 1 saturated carbocycles. The third-order valence-electron chi connectivity index (χ3n) is 4.28. The van der Waals surface area contributed by atoms with Crippen molar-refractivity contribution >= 4 is 0 Å². The van der Waals surface area contributed by atoms with Crippen LogP contribution in [0.5, 0.6) is 0 Å². The molecule has 102 valence electrons. The van der Waals surface area contributed by atoms with Crippen molar-refractivity contribution in [3.8, 4) is 0 Å². The first-order valence-corrected chi connectivity index (χ1v) is 8.36. The normalized spacial score (nSPS) is 17.3. The van der Waals surface area contributed by atoms with Gasteiger partial charge in [-0.2, -0.15) is 0 Å². The average Bonchev–Trinajstić information content (AvgIpc) is 3.12. The van der Waals surface area contributed by atoms with E-state index in [9.17, 15) is 0 Å². The van der Waals surface area contributed by atoms with Crippen LogP contribution in [0.2, 0.25) is 0 Å². The van der Waals surface area contributed by atoms with Gasteiger partial charge in [0.2, 0.25) is 0 Å². The minimum absolute atomic E-state index is 1.07. The Kier molecular flexibility index (Phi) is 8.83. The fraction of sp³-hybridized carbons (Fsp3) is 1.00. The molecule has 17 heavy (non-hydrogen) atoms. The van der Waals surface area contributed by atoms with Gasteiger partial charge in [0.15, 0.2) is 0 Å². The van der Waals surface area contributed by atoms with Gasteiger partial charge in [-0.05, 0) is 18.3 Å². The highest BCUT2D eigenvalue weighted by Gasteiger charge is 2.24. The van der Waals surface area contributed by atoms with Gasteiger partial charge in [-0.15, -0.1) is 0 Å². The summed E-state index contributed by atoms with van der Waals surface area (Å²) < 4.78 is 0. The van der Waals surface area contributed by atoms with Crippen LogP contribution in [0.25, 0.3) is 0 Å². The zero-order valence-electron chi connectivity index (χ0n) is 12.3. The Morgan fingerprint density at radius 3 is 2.00 bits per heavy atom. The molecule has 0 aromatic rings. The molecule has 1 aliphatic carbocycles. The summed E-state index contributed by atoms with van der Waals surface area (Å²) >= 11 is 0. The Morgan fingerprint density at radius 1 is 0.765 bits per heavy atom. The Morgan fingerprint density at radius 2 is 1.41 bits per heavy atom. The molecular formula is C17H34. The lowest BCUT2D eigenvalue weighted by molar-refractivity contribution is 0.376. The largest absolute Gasteiger partial charge is 0.0654 e. The fourth-order valence-electron chi connectivity index (χ4n) is 3.00. The quantitative estimate of drug-likeness (QED) is 0.348. The molecule has 0 heterocycles. The van der Waals surface area contributed by atoms with Crippen molar-refractivity contribution in [1.29, 1.82) is 0 Å². The lowest BCUT2D eigenvalue weighted by atomic mass is 9.91. The predicted molar refractivity (Wildman–Crippen MR) is 78.3 cm³/mol. The Labute approximate surface area is 110 Å². The summed E-state index contributed by atoms with van der Waals surface area (Å²) in [6.45, 7) is 4.65. The van der Waals surface area contributed by atoms with Crippen molar-refractivity contribution in [3.63, 3.8) is 0 Å². The lowest BCUT2D eigenvalue weighted by Gasteiger charge is -2.15. The van der Waals surface area contributed by atoms with E-state index in [0.717, 1.165) is 11.8 Å². The molecule has 1 aliphatic rings. The summed E-state index contributed by atoms with van der Waals surface area (Å²) in [6.07, 6.45) is 19.3. The van der Waals surface area contributed by atoms with Gasteiger partial charge in [0.25, 0.3) is 0 Å². The van der Waals surface area contributed by atoms with Crippen LogP contribution >= 0.6 is 0 Å². The molecule has 1 fully saturated rings. The van der Waals surface area contributed by atoms with Crippen LogP contribution in [0.1, 0.15) is 97.3 Å². The van der Waals surface area contributed by atoms with Gasteiger partial charge in [-0.25, -0.2) is 0 Å². The van der Waals surface area contributed by atoms with Crippen molar-refractivity contribution in [2.75, 3.05) is 0 Å². The second kappa shape index (κ2) is 9.97. The second-order valence-electron chi connectivity index (χ2n) is 6.24. The number of rotatable bonds is 12. The summed E-state index contributed by atoms with van der Waals surface area (Å²) in [6, 6.07) is 0. The monoisotopic (exact) mass is 238 g/mol. The van der Waals surface area contributed by atoms with Gasteiger partial charge in [0, 0.05) is 0 Å². The molecular weight excluding hydrogens is 204 g/mol. The van der Waals surface area contributed by atoms with E-state index in [-0.39, 0.29) is 0 Å². The predicted octanol–water partition coefficient (Wildman–Crippen LogP) is 6.34. The minimum atomic E-state index is 1.07. The SMILES string of the molecule is CCCCCCCCCC(CCC)CC1CC1. The molecule has 0 spiro atoms. The highest BCUT2D eigenvalue weighted by Crippen LogP contribution is 2.38. The highest BCUT2D eigenvalue weighted by molar-refractivity contribution is 4.76. The summed E-state index contributed by atoms with van der Waals surface area (Å²) in [5, 5.41) is 0. The van der Waals surface area contributed by atoms with Crippen LogP contribution in [-0.2, 0) is 0 Å². The van der Waals surface area contributed by atoms with E-state index < -0.39 is 0 Å². The Bertz CT molecular complexity index is 157. The van der Waals surface area contributed by atoms with E-state index in [1.165, 1.54) is 77.0 Å². The number of hydrogen-bond acceptors (Lipinski definition) is 0. The first kappa shape index (κ1) is 15.1. The zero-order chi connectivity index (χ0) is 12.3. The molecule has 0 saturated heterocycles. The maximum absolute atomic E-state index is 2.35. The summed E-state index contributed by atoms with van der Waals surface area (Å²) in [5.41, 5.74) is 0.